The highest BCUT2D eigenvalue weighted by Gasteiger charge is 2.10. The van der Waals surface area contributed by atoms with E-state index in [1.54, 1.807) is 6.07 Å². The van der Waals surface area contributed by atoms with Crippen LogP contribution in [0.4, 0.5) is 0 Å². The van der Waals surface area contributed by atoms with Gasteiger partial charge in [0.2, 0.25) is 0 Å². The number of aromatic hydroxyl groups is 1. The summed E-state index contributed by atoms with van der Waals surface area (Å²) in [6, 6.07) is 12.1. The van der Waals surface area contributed by atoms with Crippen molar-refractivity contribution < 1.29 is 9.90 Å². The van der Waals surface area contributed by atoms with E-state index in [1.165, 1.54) is 18.3 Å². The van der Waals surface area contributed by atoms with Crippen molar-refractivity contribution in [2.45, 2.75) is 0 Å². The third-order valence-electron chi connectivity index (χ3n) is 2.45. The first kappa shape index (κ1) is 14.7. The summed E-state index contributed by atoms with van der Waals surface area (Å²) in [5.41, 5.74) is 3.38. The second-order valence-corrected chi connectivity index (χ2v) is 5.74. The number of rotatable bonds is 3. The topological polar surface area (TPSA) is 61.7 Å². The Labute approximate surface area is 132 Å². The molecule has 1 amide bonds. The molecule has 2 rings (SSSR count). The third-order valence-corrected chi connectivity index (χ3v) is 3.47. The van der Waals surface area contributed by atoms with E-state index in [2.05, 4.69) is 42.4 Å². The zero-order chi connectivity index (χ0) is 14.5. The quantitative estimate of drug-likeness (QED) is 0.612. The van der Waals surface area contributed by atoms with E-state index in [-0.39, 0.29) is 11.3 Å². The van der Waals surface area contributed by atoms with Crippen LogP contribution in [0.25, 0.3) is 0 Å². The van der Waals surface area contributed by atoms with Crippen LogP contribution in [-0.4, -0.2) is 17.2 Å². The number of nitrogens with one attached hydrogen (secondary N) is 1. The number of halogens is 2. The summed E-state index contributed by atoms with van der Waals surface area (Å²) in [4.78, 5) is 11.8. The van der Waals surface area contributed by atoms with Crippen molar-refractivity contribution in [2.75, 3.05) is 0 Å². The molecule has 0 saturated heterocycles. The molecule has 0 aliphatic heterocycles. The first-order valence-electron chi connectivity index (χ1n) is 5.64. The van der Waals surface area contributed by atoms with Crippen LogP contribution in [-0.2, 0) is 0 Å². The molecule has 4 nitrogen and oxygen atoms in total. The monoisotopic (exact) mass is 396 g/mol. The Balaban J connectivity index is 2.05. The number of nitrogens with zero attached hydrogens (tertiary/aromatic N) is 1. The van der Waals surface area contributed by atoms with Crippen LogP contribution in [0.5, 0.6) is 5.75 Å². The van der Waals surface area contributed by atoms with Gasteiger partial charge in [0.25, 0.3) is 5.91 Å². The van der Waals surface area contributed by atoms with Crippen molar-refractivity contribution in [2.24, 2.45) is 5.10 Å². The molecule has 2 N–H and O–H groups in total. The van der Waals surface area contributed by atoms with Gasteiger partial charge in [0.05, 0.1) is 11.8 Å². The number of carbonyl (C=O) groups is 1. The molecular weight excluding hydrogens is 388 g/mol. The molecule has 0 atom stereocenters. The molecule has 0 aliphatic carbocycles. The van der Waals surface area contributed by atoms with Crippen LogP contribution >= 0.6 is 31.9 Å². The Morgan fingerprint density at radius 1 is 1.10 bits per heavy atom. The first-order chi connectivity index (χ1) is 9.56. The van der Waals surface area contributed by atoms with Gasteiger partial charge in [-0.2, -0.15) is 5.10 Å². The number of hydrogen-bond donors (Lipinski definition) is 2. The van der Waals surface area contributed by atoms with E-state index in [0.29, 0.717) is 4.47 Å². The number of phenolic OH excluding ortho intramolecular Hbond substituents is 1. The summed E-state index contributed by atoms with van der Waals surface area (Å²) in [7, 11) is 0. The highest BCUT2D eigenvalue weighted by atomic mass is 79.9. The van der Waals surface area contributed by atoms with E-state index in [9.17, 15) is 9.90 Å². The first-order valence-corrected chi connectivity index (χ1v) is 7.22. The molecule has 0 radical (unpaired) electrons. The van der Waals surface area contributed by atoms with Crippen molar-refractivity contribution in [3.05, 3.63) is 62.5 Å². The summed E-state index contributed by atoms with van der Waals surface area (Å²) in [6.45, 7) is 0. The number of hydrogen-bond acceptors (Lipinski definition) is 3. The highest BCUT2D eigenvalue weighted by molar-refractivity contribution is 9.10. The number of carbonyl (C=O) groups excluding carboxylic acids is 1. The molecule has 2 aromatic carbocycles. The average molecular weight is 398 g/mol. The Kier molecular flexibility index (Phi) is 4.92. The zero-order valence-corrected chi connectivity index (χ0v) is 13.3. The van der Waals surface area contributed by atoms with E-state index in [4.69, 9.17) is 0 Å². The Morgan fingerprint density at radius 3 is 2.45 bits per heavy atom. The normalized spacial score (nSPS) is 10.7. The van der Waals surface area contributed by atoms with Gasteiger partial charge in [0.15, 0.2) is 0 Å². The van der Waals surface area contributed by atoms with Crippen molar-refractivity contribution in [3.63, 3.8) is 0 Å². The van der Waals surface area contributed by atoms with Gasteiger partial charge >= 0.3 is 0 Å². The third kappa shape index (κ3) is 3.91. The van der Waals surface area contributed by atoms with Crippen LogP contribution in [0.2, 0.25) is 0 Å². The molecule has 20 heavy (non-hydrogen) atoms. The van der Waals surface area contributed by atoms with E-state index >= 15 is 0 Å². The van der Waals surface area contributed by atoms with Crippen molar-refractivity contribution in [3.8, 4) is 5.75 Å². The molecule has 102 valence electrons. The standard InChI is InChI=1S/C14H10Br2N2O2/c15-10-3-1-9(2-4-10)8-17-18-14(20)12-7-11(16)5-6-13(12)19/h1-8,19H,(H,18,20)/b17-8-. The predicted octanol–water partition coefficient (Wildman–Crippen LogP) is 3.68. The molecule has 0 spiro atoms. The predicted molar refractivity (Wildman–Crippen MR) is 85.0 cm³/mol. The number of benzene rings is 2. The van der Waals surface area contributed by atoms with Crippen LogP contribution in [0.1, 0.15) is 15.9 Å². The fraction of sp³-hybridized carbons (Fsp3) is 0. The van der Waals surface area contributed by atoms with Crippen LogP contribution in [0.3, 0.4) is 0 Å². The molecule has 6 heteroatoms. The fourth-order valence-electron chi connectivity index (χ4n) is 1.46. The van der Waals surface area contributed by atoms with Gasteiger partial charge in [0, 0.05) is 8.95 Å². The van der Waals surface area contributed by atoms with Crippen LogP contribution in [0, 0.1) is 0 Å². The summed E-state index contributed by atoms with van der Waals surface area (Å²) in [5.74, 6) is -0.568. The summed E-state index contributed by atoms with van der Waals surface area (Å²) >= 11 is 6.58. The lowest BCUT2D eigenvalue weighted by Crippen LogP contribution is -2.17. The van der Waals surface area contributed by atoms with Gasteiger partial charge in [0.1, 0.15) is 5.75 Å². The molecule has 0 aromatic heterocycles. The van der Waals surface area contributed by atoms with Crippen molar-refractivity contribution in [1.29, 1.82) is 0 Å². The van der Waals surface area contributed by atoms with Crippen LogP contribution < -0.4 is 5.43 Å². The summed E-state index contributed by atoms with van der Waals surface area (Å²) in [5, 5.41) is 13.5. The Bertz CT molecular complexity index is 655. The van der Waals surface area contributed by atoms with Gasteiger partial charge in [-0.3, -0.25) is 4.79 Å². The molecule has 0 fully saturated rings. The maximum atomic E-state index is 11.8. The number of amides is 1. The van der Waals surface area contributed by atoms with E-state index in [0.717, 1.165) is 10.0 Å². The minimum absolute atomic E-state index is 0.0930. The zero-order valence-electron chi connectivity index (χ0n) is 10.2. The molecule has 0 bridgehead atoms. The van der Waals surface area contributed by atoms with Crippen LogP contribution in [0.15, 0.2) is 56.5 Å². The van der Waals surface area contributed by atoms with Crippen molar-refractivity contribution in [1.82, 2.24) is 5.43 Å². The average Bonchev–Trinajstić information content (AvgIpc) is 2.43. The fourth-order valence-corrected chi connectivity index (χ4v) is 2.09. The van der Waals surface area contributed by atoms with Gasteiger partial charge in [-0.1, -0.05) is 44.0 Å². The lowest BCUT2D eigenvalue weighted by atomic mass is 10.2. The number of hydrazone groups is 1. The van der Waals surface area contributed by atoms with Gasteiger partial charge in [-0.15, -0.1) is 0 Å². The molecule has 0 aliphatic rings. The second kappa shape index (κ2) is 6.67. The van der Waals surface area contributed by atoms with E-state index in [1.807, 2.05) is 24.3 Å². The minimum Gasteiger partial charge on any atom is -0.507 e. The highest BCUT2D eigenvalue weighted by Crippen LogP contribution is 2.21. The van der Waals surface area contributed by atoms with Gasteiger partial charge in [-0.25, -0.2) is 5.43 Å². The molecular formula is C14H10Br2N2O2. The molecule has 0 unspecified atom stereocenters. The molecule has 0 heterocycles. The van der Waals surface area contributed by atoms with Crippen molar-refractivity contribution >= 4 is 44.0 Å². The van der Waals surface area contributed by atoms with E-state index < -0.39 is 5.91 Å². The lowest BCUT2D eigenvalue weighted by Gasteiger charge is -2.03. The summed E-state index contributed by atoms with van der Waals surface area (Å²) < 4.78 is 1.68. The Hall–Kier alpha value is -1.66. The molecule has 2 aromatic rings. The molecule has 0 saturated carbocycles. The maximum absolute atomic E-state index is 11.8. The van der Waals surface area contributed by atoms with Gasteiger partial charge in [-0.05, 0) is 35.9 Å². The summed E-state index contributed by atoms with van der Waals surface area (Å²) in [6.07, 6.45) is 1.53. The number of phenols is 1. The lowest BCUT2D eigenvalue weighted by molar-refractivity contribution is 0.0952. The SMILES string of the molecule is O=C(N/N=C\c1ccc(Br)cc1)c1cc(Br)ccc1O. The Morgan fingerprint density at radius 2 is 1.75 bits per heavy atom. The second-order valence-electron chi connectivity index (χ2n) is 3.91. The maximum Gasteiger partial charge on any atom is 0.275 e. The smallest absolute Gasteiger partial charge is 0.275 e. The largest absolute Gasteiger partial charge is 0.507 e. The minimum atomic E-state index is -0.475. The van der Waals surface area contributed by atoms with Gasteiger partial charge < -0.3 is 5.11 Å².